The summed E-state index contributed by atoms with van der Waals surface area (Å²) in [7, 11) is 0. The number of aliphatic hydroxyl groups excluding tert-OH is 4. The first-order chi connectivity index (χ1) is 15.0. The Labute approximate surface area is 185 Å². The summed E-state index contributed by atoms with van der Waals surface area (Å²) in [6, 6.07) is 13.0. The number of hydrogen-bond donors (Lipinski definition) is 4. The van der Waals surface area contributed by atoms with Gasteiger partial charge in [-0.25, -0.2) is 0 Å². The topological polar surface area (TPSA) is 109 Å². The summed E-state index contributed by atoms with van der Waals surface area (Å²) in [5.74, 6) is 0.792. The fraction of sp³-hybridized carbons (Fsp3) is 0.478. The lowest BCUT2D eigenvalue weighted by molar-refractivity contribution is -0.231. The lowest BCUT2D eigenvalue weighted by Gasteiger charge is -2.40. The van der Waals surface area contributed by atoms with Crippen LogP contribution in [0.25, 0.3) is 0 Å². The van der Waals surface area contributed by atoms with Crippen molar-refractivity contribution >= 4 is 11.6 Å². The third kappa shape index (κ3) is 5.04. The molecule has 2 saturated heterocycles. The van der Waals surface area contributed by atoms with Crippen molar-refractivity contribution in [1.82, 2.24) is 0 Å². The fourth-order valence-electron chi connectivity index (χ4n) is 3.99. The summed E-state index contributed by atoms with van der Waals surface area (Å²) in [6.07, 6.45) is -4.46. The maximum atomic E-state index is 10.4. The second-order valence-corrected chi connectivity index (χ2v) is 8.43. The van der Waals surface area contributed by atoms with E-state index >= 15 is 0 Å². The molecule has 2 aliphatic heterocycles. The quantitative estimate of drug-likeness (QED) is 0.529. The predicted molar refractivity (Wildman–Crippen MR) is 113 cm³/mol. The summed E-state index contributed by atoms with van der Waals surface area (Å²) >= 11 is 6.40. The van der Waals surface area contributed by atoms with E-state index in [1.54, 1.807) is 12.1 Å². The molecule has 31 heavy (non-hydrogen) atoms. The van der Waals surface area contributed by atoms with Gasteiger partial charge in [-0.2, -0.15) is 0 Å². The first kappa shape index (κ1) is 22.5. The summed E-state index contributed by atoms with van der Waals surface area (Å²) in [5, 5.41) is 40.5. The third-order valence-corrected chi connectivity index (χ3v) is 6.17. The molecule has 6 unspecified atom stereocenters. The lowest BCUT2D eigenvalue weighted by atomic mass is 9.90. The maximum absolute atomic E-state index is 10.4. The molecule has 6 atom stereocenters. The standard InChI is InChI=1S/C23H27ClO7/c24-18-6-3-14(23-22(28)21(27)20(26)19(11-25)31-23)10-15(18)9-13-1-4-16(5-2-13)30-17-7-8-29-12-17/h1-6,10,17,19-23,25-28H,7-9,11-12H2. The van der Waals surface area contributed by atoms with Crippen LogP contribution in [0.2, 0.25) is 5.02 Å². The van der Waals surface area contributed by atoms with Gasteiger partial charge in [-0.1, -0.05) is 35.9 Å². The van der Waals surface area contributed by atoms with E-state index in [2.05, 4.69) is 0 Å². The molecule has 0 amide bonds. The first-order valence-electron chi connectivity index (χ1n) is 10.4. The Kier molecular flexibility index (Phi) is 7.13. The van der Waals surface area contributed by atoms with Crippen LogP contribution in [0.4, 0.5) is 0 Å². The van der Waals surface area contributed by atoms with Crippen molar-refractivity contribution in [2.24, 2.45) is 0 Å². The molecule has 2 heterocycles. The van der Waals surface area contributed by atoms with Crippen LogP contribution in [-0.2, 0) is 15.9 Å². The summed E-state index contributed by atoms with van der Waals surface area (Å²) in [4.78, 5) is 0. The summed E-state index contributed by atoms with van der Waals surface area (Å²) < 4.78 is 16.9. The maximum Gasteiger partial charge on any atom is 0.124 e. The van der Waals surface area contributed by atoms with Crippen LogP contribution in [-0.4, -0.2) is 70.8 Å². The molecule has 0 saturated carbocycles. The highest BCUT2D eigenvalue weighted by Gasteiger charge is 2.44. The van der Waals surface area contributed by atoms with Crippen molar-refractivity contribution in [3.05, 3.63) is 64.2 Å². The van der Waals surface area contributed by atoms with Gasteiger partial charge in [0.2, 0.25) is 0 Å². The van der Waals surface area contributed by atoms with Crippen LogP contribution in [0.5, 0.6) is 5.75 Å². The second-order valence-electron chi connectivity index (χ2n) is 8.02. The predicted octanol–water partition coefficient (Wildman–Crippen LogP) is 1.61. The van der Waals surface area contributed by atoms with E-state index in [0.29, 0.717) is 23.6 Å². The van der Waals surface area contributed by atoms with E-state index in [4.69, 9.17) is 25.8 Å². The van der Waals surface area contributed by atoms with E-state index in [-0.39, 0.29) is 6.10 Å². The molecule has 168 valence electrons. The molecule has 7 nitrogen and oxygen atoms in total. The van der Waals surface area contributed by atoms with Gasteiger partial charge < -0.3 is 34.6 Å². The smallest absolute Gasteiger partial charge is 0.124 e. The highest BCUT2D eigenvalue weighted by molar-refractivity contribution is 6.31. The van der Waals surface area contributed by atoms with Crippen LogP contribution < -0.4 is 4.74 Å². The molecule has 4 N–H and O–H groups in total. The molecule has 0 bridgehead atoms. The van der Waals surface area contributed by atoms with Gasteiger partial charge >= 0.3 is 0 Å². The minimum Gasteiger partial charge on any atom is -0.488 e. The minimum atomic E-state index is -1.42. The molecule has 4 rings (SSSR count). The zero-order valence-corrected chi connectivity index (χ0v) is 17.7. The van der Waals surface area contributed by atoms with Gasteiger partial charge in [-0.3, -0.25) is 0 Å². The van der Waals surface area contributed by atoms with Crippen LogP contribution in [0.15, 0.2) is 42.5 Å². The van der Waals surface area contributed by atoms with Gasteiger partial charge in [0.05, 0.1) is 19.8 Å². The molecule has 0 aromatic heterocycles. The Morgan fingerprint density at radius 3 is 2.45 bits per heavy atom. The van der Waals surface area contributed by atoms with Gasteiger partial charge in [0.15, 0.2) is 0 Å². The number of rotatable bonds is 6. The molecule has 8 heteroatoms. The van der Waals surface area contributed by atoms with Crippen molar-refractivity contribution < 1.29 is 34.6 Å². The molecule has 2 aromatic rings. The number of benzene rings is 2. The largest absolute Gasteiger partial charge is 0.488 e. The molecule has 0 radical (unpaired) electrons. The van der Waals surface area contributed by atoms with Gasteiger partial charge in [0.25, 0.3) is 0 Å². The average Bonchev–Trinajstić information content (AvgIpc) is 3.28. The van der Waals surface area contributed by atoms with E-state index in [0.717, 1.165) is 29.9 Å². The number of halogens is 1. The molecular weight excluding hydrogens is 424 g/mol. The van der Waals surface area contributed by atoms with Gasteiger partial charge in [-0.05, 0) is 41.3 Å². The zero-order chi connectivity index (χ0) is 22.0. The second kappa shape index (κ2) is 9.83. The van der Waals surface area contributed by atoms with Crippen molar-refractivity contribution in [1.29, 1.82) is 0 Å². The number of aliphatic hydroxyl groups is 4. The van der Waals surface area contributed by atoms with Gasteiger partial charge in [-0.15, -0.1) is 0 Å². The molecular formula is C23H27ClO7. The third-order valence-electron chi connectivity index (χ3n) is 5.80. The van der Waals surface area contributed by atoms with Crippen molar-refractivity contribution in [2.45, 2.75) is 49.5 Å². The van der Waals surface area contributed by atoms with Crippen molar-refractivity contribution in [3.8, 4) is 5.75 Å². The molecule has 0 aliphatic carbocycles. The Morgan fingerprint density at radius 2 is 1.77 bits per heavy atom. The van der Waals surface area contributed by atoms with Crippen LogP contribution in [0.3, 0.4) is 0 Å². The van der Waals surface area contributed by atoms with E-state index in [1.807, 2.05) is 30.3 Å². The Hall–Kier alpha value is -1.71. The van der Waals surface area contributed by atoms with Crippen LogP contribution in [0.1, 0.15) is 29.2 Å². The Bertz CT molecular complexity index is 867. The van der Waals surface area contributed by atoms with E-state index < -0.39 is 37.1 Å². The first-order valence-corrected chi connectivity index (χ1v) is 10.8. The Balaban J connectivity index is 1.49. The lowest BCUT2D eigenvalue weighted by Crippen LogP contribution is -2.55. The van der Waals surface area contributed by atoms with Gasteiger partial charge in [0, 0.05) is 11.4 Å². The van der Waals surface area contributed by atoms with Gasteiger partial charge in [0.1, 0.15) is 42.4 Å². The highest BCUT2D eigenvalue weighted by atomic mass is 35.5. The summed E-state index contributed by atoms with van der Waals surface area (Å²) in [6.45, 7) is 0.872. The fourth-order valence-corrected chi connectivity index (χ4v) is 4.17. The zero-order valence-electron chi connectivity index (χ0n) is 16.9. The van der Waals surface area contributed by atoms with E-state index in [9.17, 15) is 20.4 Å². The number of ether oxygens (including phenoxy) is 3. The number of hydrogen-bond acceptors (Lipinski definition) is 7. The SMILES string of the molecule is OCC1OC(c2ccc(Cl)c(Cc3ccc(OC4CCOC4)cc3)c2)C(O)C(O)C1O. The summed E-state index contributed by atoms with van der Waals surface area (Å²) in [5.41, 5.74) is 2.47. The molecule has 2 aliphatic rings. The van der Waals surface area contributed by atoms with Crippen molar-refractivity contribution in [2.75, 3.05) is 19.8 Å². The molecule has 0 spiro atoms. The monoisotopic (exact) mass is 450 g/mol. The molecule has 2 aromatic carbocycles. The molecule has 2 fully saturated rings. The van der Waals surface area contributed by atoms with Crippen LogP contribution in [0, 0.1) is 0 Å². The minimum absolute atomic E-state index is 0.0931. The highest BCUT2D eigenvalue weighted by Crippen LogP contribution is 2.34. The van der Waals surface area contributed by atoms with E-state index in [1.165, 1.54) is 0 Å². The van der Waals surface area contributed by atoms with Crippen LogP contribution >= 0.6 is 11.6 Å². The van der Waals surface area contributed by atoms with Crippen molar-refractivity contribution in [3.63, 3.8) is 0 Å². The normalized spacial score (nSPS) is 31.0. The Morgan fingerprint density at radius 1 is 1.00 bits per heavy atom. The average molecular weight is 451 g/mol.